The quantitative estimate of drug-likeness (QED) is 0.473. The van der Waals surface area contributed by atoms with Crippen molar-refractivity contribution in [3.05, 3.63) is 71.0 Å². The molecule has 0 bridgehead atoms. The summed E-state index contributed by atoms with van der Waals surface area (Å²) in [6.07, 6.45) is -4.43. The van der Waals surface area contributed by atoms with Crippen LogP contribution in [0.2, 0.25) is 0 Å². The predicted molar refractivity (Wildman–Crippen MR) is 119 cm³/mol. The molecule has 3 rings (SSSR count). The molecule has 0 radical (unpaired) electrons. The first kappa shape index (κ1) is 24.3. The largest absolute Gasteiger partial charge is 0.416 e. The van der Waals surface area contributed by atoms with E-state index in [0.717, 1.165) is 29.5 Å². The Morgan fingerprint density at radius 3 is 2.45 bits per heavy atom. The first-order valence-electron chi connectivity index (χ1n) is 10.0. The van der Waals surface area contributed by atoms with Crippen LogP contribution >= 0.6 is 11.8 Å². The molecule has 0 saturated carbocycles. The van der Waals surface area contributed by atoms with Gasteiger partial charge in [0.1, 0.15) is 0 Å². The van der Waals surface area contributed by atoms with E-state index >= 15 is 0 Å². The van der Waals surface area contributed by atoms with Crippen molar-refractivity contribution in [1.29, 1.82) is 0 Å². The number of anilines is 1. The number of halogens is 3. The highest BCUT2D eigenvalue weighted by Crippen LogP contribution is 2.29. The van der Waals surface area contributed by atoms with Gasteiger partial charge in [-0.2, -0.15) is 13.2 Å². The highest BCUT2D eigenvalue weighted by molar-refractivity contribution is 7.99. The number of aromatic nitrogens is 3. The molecule has 174 valence electrons. The maximum Gasteiger partial charge on any atom is 0.416 e. The standard InChI is InChI=1S/C22H22F3N5O2S/c1-3-30-18(12-26-20(32)15-6-4-5-14(2)11-15)28-29-21(30)33-13-19(31)27-17-9-7-16(8-10-17)22(23,24)25/h4-11H,3,12-13H2,1-2H3,(H,26,32)(H,27,31). The van der Waals surface area contributed by atoms with Gasteiger partial charge in [-0.15, -0.1) is 10.2 Å². The van der Waals surface area contributed by atoms with E-state index in [4.69, 9.17) is 0 Å². The van der Waals surface area contributed by atoms with Crippen LogP contribution in [0.3, 0.4) is 0 Å². The maximum absolute atomic E-state index is 12.6. The second-order valence-corrected chi connectivity index (χ2v) is 8.05. The van der Waals surface area contributed by atoms with Crippen molar-refractivity contribution >= 4 is 29.3 Å². The van der Waals surface area contributed by atoms with Crippen molar-refractivity contribution in [2.24, 2.45) is 0 Å². The molecule has 0 atom stereocenters. The van der Waals surface area contributed by atoms with Gasteiger partial charge >= 0.3 is 6.18 Å². The number of alkyl halides is 3. The summed E-state index contributed by atoms with van der Waals surface area (Å²) in [5.41, 5.74) is 1.01. The van der Waals surface area contributed by atoms with Gasteiger partial charge in [-0.25, -0.2) is 0 Å². The van der Waals surface area contributed by atoms with Crippen LogP contribution in [0.15, 0.2) is 53.7 Å². The average molecular weight is 478 g/mol. The minimum atomic E-state index is -4.43. The Morgan fingerprint density at radius 1 is 1.09 bits per heavy atom. The third-order valence-electron chi connectivity index (χ3n) is 4.63. The minimum absolute atomic E-state index is 0.00515. The van der Waals surface area contributed by atoms with Crippen LogP contribution in [0.1, 0.15) is 34.2 Å². The third-order valence-corrected chi connectivity index (χ3v) is 5.59. The maximum atomic E-state index is 12.6. The fourth-order valence-corrected chi connectivity index (χ4v) is 3.81. The Balaban J connectivity index is 1.55. The number of hydrogen-bond donors (Lipinski definition) is 2. The fraction of sp³-hybridized carbons (Fsp3) is 0.273. The topological polar surface area (TPSA) is 88.9 Å². The molecule has 11 heteroatoms. The second kappa shape index (κ2) is 10.5. The molecule has 33 heavy (non-hydrogen) atoms. The molecule has 3 aromatic rings. The van der Waals surface area contributed by atoms with E-state index in [2.05, 4.69) is 20.8 Å². The molecule has 0 fully saturated rings. The van der Waals surface area contributed by atoms with Crippen LogP contribution in [0.4, 0.5) is 18.9 Å². The Hall–Kier alpha value is -3.34. The normalized spacial score (nSPS) is 11.3. The van der Waals surface area contributed by atoms with E-state index in [1.807, 2.05) is 26.0 Å². The van der Waals surface area contributed by atoms with Gasteiger partial charge in [-0.1, -0.05) is 29.5 Å². The van der Waals surface area contributed by atoms with Gasteiger partial charge in [-0.3, -0.25) is 9.59 Å². The van der Waals surface area contributed by atoms with Crippen LogP contribution in [0, 0.1) is 6.92 Å². The molecular formula is C22H22F3N5O2S. The van der Waals surface area contributed by atoms with Gasteiger partial charge in [0.05, 0.1) is 17.9 Å². The number of thioether (sulfide) groups is 1. The highest BCUT2D eigenvalue weighted by atomic mass is 32.2. The molecule has 7 nitrogen and oxygen atoms in total. The molecule has 2 amide bonds. The lowest BCUT2D eigenvalue weighted by Crippen LogP contribution is -2.25. The Morgan fingerprint density at radius 2 is 1.82 bits per heavy atom. The fourth-order valence-electron chi connectivity index (χ4n) is 2.99. The summed E-state index contributed by atoms with van der Waals surface area (Å²) in [5, 5.41) is 14.1. The molecule has 2 N–H and O–H groups in total. The molecule has 2 aromatic carbocycles. The lowest BCUT2D eigenvalue weighted by Gasteiger charge is -2.10. The summed E-state index contributed by atoms with van der Waals surface area (Å²) < 4.78 is 39.7. The van der Waals surface area contributed by atoms with E-state index in [1.54, 1.807) is 16.7 Å². The van der Waals surface area contributed by atoms with Gasteiger partial charge in [0, 0.05) is 17.8 Å². The molecule has 0 aliphatic carbocycles. The number of carbonyl (C=O) groups excluding carboxylic acids is 2. The van der Waals surface area contributed by atoms with Gasteiger partial charge in [0.2, 0.25) is 5.91 Å². The van der Waals surface area contributed by atoms with Crippen molar-refractivity contribution in [3.8, 4) is 0 Å². The molecule has 0 aliphatic rings. The van der Waals surface area contributed by atoms with Crippen molar-refractivity contribution < 1.29 is 22.8 Å². The molecule has 0 spiro atoms. The highest BCUT2D eigenvalue weighted by Gasteiger charge is 2.30. The number of hydrogen-bond acceptors (Lipinski definition) is 5. The van der Waals surface area contributed by atoms with Crippen LogP contribution in [-0.4, -0.2) is 32.3 Å². The van der Waals surface area contributed by atoms with E-state index in [1.165, 1.54) is 12.1 Å². The van der Waals surface area contributed by atoms with Gasteiger partial charge in [0.15, 0.2) is 11.0 Å². The molecule has 0 saturated heterocycles. The summed E-state index contributed by atoms with van der Waals surface area (Å²) in [4.78, 5) is 24.6. The molecule has 0 aliphatic heterocycles. The van der Waals surface area contributed by atoms with Crippen LogP contribution in [0.25, 0.3) is 0 Å². The van der Waals surface area contributed by atoms with Crippen molar-refractivity contribution in [1.82, 2.24) is 20.1 Å². The Bertz CT molecular complexity index is 1130. The van der Waals surface area contributed by atoms with Gasteiger partial charge in [-0.05, 0) is 50.2 Å². The van der Waals surface area contributed by atoms with E-state index < -0.39 is 11.7 Å². The van der Waals surface area contributed by atoms with Crippen LogP contribution in [-0.2, 0) is 24.1 Å². The zero-order valence-corrected chi connectivity index (χ0v) is 18.8. The van der Waals surface area contributed by atoms with E-state index in [-0.39, 0.29) is 29.8 Å². The number of rotatable bonds is 8. The zero-order valence-electron chi connectivity index (χ0n) is 17.9. The van der Waals surface area contributed by atoms with Crippen molar-refractivity contribution in [2.75, 3.05) is 11.1 Å². The Labute approximate surface area is 192 Å². The zero-order chi connectivity index (χ0) is 24.0. The lowest BCUT2D eigenvalue weighted by molar-refractivity contribution is -0.137. The summed E-state index contributed by atoms with van der Waals surface area (Å²) in [7, 11) is 0. The number of amides is 2. The number of nitrogens with zero attached hydrogens (tertiary/aromatic N) is 3. The van der Waals surface area contributed by atoms with Crippen molar-refractivity contribution in [3.63, 3.8) is 0 Å². The van der Waals surface area contributed by atoms with E-state index in [9.17, 15) is 22.8 Å². The number of benzene rings is 2. The second-order valence-electron chi connectivity index (χ2n) is 7.11. The monoisotopic (exact) mass is 477 g/mol. The summed E-state index contributed by atoms with van der Waals surface area (Å²) in [6.45, 7) is 4.50. The van der Waals surface area contributed by atoms with Gasteiger partial charge < -0.3 is 15.2 Å². The minimum Gasteiger partial charge on any atom is -0.345 e. The third kappa shape index (κ3) is 6.58. The van der Waals surface area contributed by atoms with Crippen LogP contribution in [0.5, 0.6) is 0 Å². The predicted octanol–water partition coefficient (Wildman–Crippen LogP) is 4.29. The first-order valence-corrected chi connectivity index (χ1v) is 11.0. The first-order chi connectivity index (χ1) is 15.7. The number of nitrogens with one attached hydrogen (secondary N) is 2. The van der Waals surface area contributed by atoms with Crippen molar-refractivity contribution in [2.45, 2.75) is 38.3 Å². The molecular weight excluding hydrogens is 455 g/mol. The Kier molecular flexibility index (Phi) is 7.75. The van der Waals surface area contributed by atoms with Crippen LogP contribution < -0.4 is 10.6 Å². The SMILES string of the molecule is CCn1c(CNC(=O)c2cccc(C)c2)nnc1SCC(=O)Nc1ccc(C(F)(F)F)cc1. The smallest absolute Gasteiger partial charge is 0.345 e. The molecule has 1 aromatic heterocycles. The van der Waals surface area contributed by atoms with E-state index in [0.29, 0.717) is 23.1 Å². The lowest BCUT2D eigenvalue weighted by atomic mass is 10.1. The summed E-state index contributed by atoms with van der Waals surface area (Å²) in [5.74, 6) is -0.0761. The molecule has 0 unspecified atom stereocenters. The number of aryl methyl sites for hydroxylation is 1. The average Bonchev–Trinajstić information content (AvgIpc) is 3.17. The molecule has 1 heterocycles. The number of carbonyl (C=O) groups is 2. The summed E-state index contributed by atoms with van der Waals surface area (Å²) in [6, 6.07) is 11.5. The summed E-state index contributed by atoms with van der Waals surface area (Å²) >= 11 is 1.14. The van der Waals surface area contributed by atoms with Gasteiger partial charge in [0.25, 0.3) is 5.91 Å².